The van der Waals surface area contributed by atoms with E-state index in [9.17, 15) is 19.1 Å². The molecule has 0 spiro atoms. The SMILES string of the molecule is COc1ccc(F)cc1C(O)=C1C(=O)C(=O)N(CCCN(C)C)[C@H]1c1ccncc1. The van der Waals surface area contributed by atoms with Crippen molar-refractivity contribution in [1.82, 2.24) is 14.8 Å². The second kappa shape index (κ2) is 9.04. The Morgan fingerprint density at radius 1 is 1.23 bits per heavy atom. The van der Waals surface area contributed by atoms with Gasteiger partial charge >= 0.3 is 0 Å². The van der Waals surface area contributed by atoms with Crippen LogP contribution in [0.15, 0.2) is 48.3 Å². The largest absolute Gasteiger partial charge is 0.507 e. The molecule has 1 amide bonds. The second-order valence-electron chi connectivity index (χ2n) is 7.27. The molecule has 1 aliphatic rings. The van der Waals surface area contributed by atoms with Crippen LogP contribution in [-0.2, 0) is 9.59 Å². The fourth-order valence-electron chi connectivity index (χ4n) is 3.57. The molecule has 0 bridgehead atoms. The third-order valence-electron chi connectivity index (χ3n) is 4.98. The summed E-state index contributed by atoms with van der Waals surface area (Å²) in [5.41, 5.74) is 0.550. The van der Waals surface area contributed by atoms with Crippen LogP contribution < -0.4 is 4.74 Å². The summed E-state index contributed by atoms with van der Waals surface area (Å²) in [6, 6.07) is 6.20. The first kappa shape index (κ1) is 21.4. The Labute approximate surface area is 174 Å². The number of hydrogen-bond acceptors (Lipinski definition) is 6. The zero-order valence-electron chi connectivity index (χ0n) is 17.1. The van der Waals surface area contributed by atoms with Crippen molar-refractivity contribution in [2.45, 2.75) is 12.5 Å². The standard InChI is InChI=1S/C22H24FN3O4/c1-25(2)11-4-12-26-19(14-7-9-24-10-8-14)18(21(28)22(26)29)20(27)16-13-15(23)5-6-17(16)30-3/h5-10,13,19,27H,4,11-12H2,1-3H3/t19-/m0/s1. The van der Waals surface area contributed by atoms with Crippen molar-refractivity contribution in [3.8, 4) is 5.75 Å². The summed E-state index contributed by atoms with van der Waals surface area (Å²) in [4.78, 5) is 33.2. The van der Waals surface area contributed by atoms with Crippen LogP contribution in [-0.4, -0.2) is 65.9 Å². The van der Waals surface area contributed by atoms with Crippen molar-refractivity contribution in [3.63, 3.8) is 0 Å². The van der Waals surface area contributed by atoms with Gasteiger partial charge in [0, 0.05) is 18.9 Å². The highest BCUT2D eigenvalue weighted by molar-refractivity contribution is 6.46. The summed E-state index contributed by atoms with van der Waals surface area (Å²) in [5, 5.41) is 11.0. The molecule has 1 aromatic carbocycles. The maximum absolute atomic E-state index is 13.9. The number of nitrogens with zero attached hydrogens (tertiary/aromatic N) is 3. The van der Waals surface area contributed by atoms with Crippen LogP contribution in [0.5, 0.6) is 5.75 Å². The first-order valence-corrected chi connectivity index (χ1v) is 9.52. The molecule has 1 aromatic heterocycles. The molecule has 8 heteroatoms. The maximum Gasteiger partial charge on any atom is 0.295 e. The van der Waals surface area contributed by atoms with Crippen molar-refractivity contribution >= 4 is 17.4 Å². The Kier molecular flexibility index (Phi) is 6.47. The van der Waals surface area contributed by atoms with Crippen molar-refractivity contribution in [2.75, 3.05) is 34.3 Å². The topological polar surface area (TPSA) is 83.0 Å². The fourth-order valence-corrected chi connectivity index (χ4v) is 3.57. The molecule has 0 unspecified atom stereocenters. The number of aliphatic hydroxyl groups excluding tert-OH is 1. The van der Waals surface area contributed by atoms with Gasteiger partial charge in [-0.1, -0.05) is 0 Å². The molecule has 7 nitrogen and oxygen atoms in total. The molecule has 3 rings (SSSR count). The summed E-state index contributed by atoms with van der Waals surface area (Å²) in [6.07, 6.45) is 3.75. The molecule has 30 heavy (non-hydrogen) atoms. The molecule has 0 aliphatic carbocycles. The fraction of sp³-hybridized carbons (Fsp3) is 0.318. The quantitative estimate of drug-likeness (QED) is 0.427. The van der Waals surface area contributed by atoms with Crippen molar-refractivity contribution < 1.29 is 23.8 Å². The lowest BCUT2D eigenvalue weighted by Gasteiger charge is -2.26. The van der Waals surface area contributed by atoms with Gasteiger partial charge in [-0.25, -0.2) is 4.39 Å². The first-order chi connectivity index (χ1) is 14.3. The number of aromatic nitrogens is 1. The molecule has 1 saturated heterocycles. The van der Waals surface area contributed by atoms with Gasteiger partial charge in [0.2, 0.25) is 0 Å². The molecule has 1 atom stereocenters. The van der Waals surface area contributed by atoms with Gasteiger partial charge in [-0.15, -0.1) is 0 Å². The van der Waals surface area contributed by atoms with E-state index >= 15 is 0 Å². The number of methoxy groups -OCH3 is 1. The van der Waals surface area contributed by atoms with Crippen LogP contribution in [0.4, 0.5) is 4.39 Å². The molecule has 1 fully saturated rings. The third kappa shape index (κ3) is 4.18. The number of amides is 1. The minimum absolute atomic E-state index is 0.0165. The Balaban J connectivity index is 2.13. The molecule has 0 saturated carbocycles. The van der Waals surface area contributed by atoms with Gasteiger partial charge in [0.15, 0.2) is 0 Å². The zero-order valence-corrected chi connectivity index (χ0v) is 17.1. The van der Waals surface area contributed by atoms with Gasteiger partial charge < -0.3 is 19.6 Å². The predicted molar refractivity (Wildman–Crippen MR) is 109 cm³/mol. The molecule has 1 N–H and O–H groups in total. The number of aliphatic hydroxyl groups is 1. The molecule has 2 heterocycles. The normalized spacial score (nSPS) is 18.3. The lowest BCUT2D eigenvalue weighted by Crippen LogP contribution is -2.32. The maximum atomic E-state index is 13.9. The Hall–Kier alpha value is -3.26. The van der Waals surface area contributed by atoms with Gasteiger partial charge in [-0.2, -0.15) is 0 Å². The monoisotopic (exact) mass is 413 g/mol. The number of ether oxygens (including phenoxy) is 1. The van der Waals surface area contributed by atoms with E-state index in [-0.39, 0.29) is 16.9 Å². The smallest absolute Gasteiger partial charge is 0.295 e. The summed E-state index contributed by atoms with van der Waals surface area (Å²) in [6.45, 7) is 1.05. The van der Waals surface area contributed by atoms with E-state index in [1.165, 1.54) is 24.1 Å². The molecule has 2 aromatic rings. The highest BCUT2D eigenvalue weighted by atomic mass is 19.1. The van der Waals surface area contributed by atoms with E-state index in [0.717, 1.165) is 12.6 Å². The van der Waals surface area contributed by atoms with E-state index < -0.39 is 29.3 Å². The van der Waals surface area contributed by atoms with Crippen LogP contribution >= 0.6 is 0 Å². The van der Waals surface area contributed by atoms with Crippen LogP contribution in [0.25, 0.3) is 5.76 Å². The van der Waals surface area contributed by atoms with Crippen LogP contribution in [0, 0.1) is 5.82 Å². The number of carbonyl (C=O) groups is 2. The van der Waals surface area contributed by atoms with Gasteiger partial charge in [0.05, 0.1) is 24.3 Å². The van der Waals surface area contributed by atoms with E-state index in [1.54, 1.807) is 24.5 Å². The van der Waals surface area contributed by atoms with Crippen LogP contribution in [0.1, 0.15) is 23.6 Å². The summed E-state index contributed by atoms with van der Waals surface area (Å²) in [5.74, 6) is -2.39. The number of pyridine rings is 1. The van der Waals surface area contributed by atoms with Gasteiger partial charge in [-0.3, -0.25) is 14.6 Å². The van der Waals surface area contributed by atoms with Gasteiger partial charge in [-0.05, 0) is 63.0 Å². The Morgan fingerprint density at radius 3 is 2.57 bits per heavy atom. The zero-order chi connectivity index (χ0) is 21.8. The summed E-state index contributed by atoms with van der Waals surface area (Å²) < 4.78 is 19.1. The number of halogens is 1. The van der Waals surface area contributed by atoms with Crippen LogP contribution in [0.3, 0.4) is 0 Å². The van der Waals surface area contributed by atoms with Crippen molar-refractivity contribution in [3.05, 3.63) is 65.2 Å². The molecule has 158 valence electrons. The average molecular weight is 413 g/mol. The number of Topliss-reactive ketones (excluding diaryl/α,β-unsaturated/α-hetero) is 1. The molecule has 0 radical (unpaired) electrons. The average Bonchev–Trinajstić information content (AvgIpc) is 2.98. The van der Waals surface area contributed by atoms with E-state index in [2.05, 4.69) is 4.98 Å². The lowest BCUT2D eigenvalue weighted by atomic mass is 9.95. The van der Waals surface area contributed by atoms with Gasteiger partial charge in [0.25, 0.3) is 11.7 Å². The van der Waals surface area contributed by atoms with Gasteiger partial charge in [0.1, 0.15) is 17.3 Å². The molecular weight excluding hydrogens is 389 g/mol. The van der Waals surface area contributed by atoms with E-state index in [0.29, 0.717) is 18.5 Å². The minimum atomic E-state index is -0.814. The minimum Gasteiger partial charge on any atom is -0.507 e. The van der Waals surface area contributed by atoms with Crippen molar-refractivity contribution in [1.29, 1.82) is 0 Å². The van der Waals surface area contributed by atoms with Crippen molar-refractivity contribution in [2.24, 2.45) is 0 Å². The third-order valence-corrected chi connectivity index (χ3v) is 4.98. The summed E-state index contributed by atoms with van der Waals surface area (Å²) >= 11 is 0. The Bertz CT molecular complexity index is 976. The number of benzene rings is 1. The number of rotatable bonds is 7. The second-order valence-corrected chi connectivity index (χ2v) is 7.27. The number of hydrogen-bond donors (Lipinski definition) is 1. The molecule has 1 aliphatic heterocycles. The summed E-state index contributed by atoms with van der Waals surface area (Å²) in [7, 11) is 5.22. The van der Waals surface area contributed by atoms with E-state index in [1.807, 2.05) is 19.0 Å². The van der Waals surface area contributed by atoms with Crippen LogP contribution in [0.2, 0.25) is 0 Å². The number of carbonyl (C=O) groups excluding carboxylic acids is 2. The molecular formula is C22H24FN3O4. The van der Waals surface area contributed by atoms with E-state index in [4.69, 9.17) is 4.74 Å². The Morgan fingerprint density at radius 2 is 1.93 bits per heavy atom. The number of ketones is 1. The number of likely N-dealkylation sites (tertiary alicyclic amines) is 1. The highest BCUT2D eigenvalue weighted by Crippen LogP contribution is 2.40. The lowest BCUT2D eigenvalue weighted by molar-refractivity contribution is -0.139. The first-order valence-electron chi connectivity index (χ1n) is 9.52. The predicted octanol–water partition coefficient (Wildman–Crippen LogP) is 2.60. The highest BCUT2D eigenvalue weighted by Gasteiger charge is 2.46.